The summed E-state index contributed by atoms with van der Waals surface area (Å²) >= 11 is 1.23. The maximum absolute atomic E-state index is 11.9. The van der Waals surface area contributed by atoms with Gasteiger partial charge in [0.1, 0.15) is 0 Å². The quantitative estimate of drug-likeness (QED) is 0.789. The van der Waals surface area contributed by atoms with Gasteiger partial charge in [0, 0.05) is 10.9 Å². The molecule has 0 spiro atoms. The van der Waals surface area contributed by atoms with E-state index < -0.39 is 5.54 Å². The highest BCUT2D eigenvalue weighted by molar-refractivity contribution is 7.12. The number of carbonyl (C=O) groups is 2. The van der Waals surface area contributed by atoms with Crippen molar-refractivity contribution in [2.75, 3.05) is 6.61 Å². The van der Waals surface area contributed by atoms with Gasteiger partial charge >= 0.3 is 0 Å². The summed E-state index contributed by atoms with van der Waals surface area (Å²) in [7, 11) is 0. The molecule has 1 unspecified atom stereocenters. The van der Waals surface area contributed by atoms with Gasteiger partial charge in [-0.1, -0.05) is 6.92 Å². The van der Waals surface area contributed by atoms with Gasteiger partial charge < -0.3 is 10.4 Å². The monoisotopic (exact) mass is 255 g/mol. The van der Waals surface area contributed by atoms with Crippen molar-refractivity contribution in [3.8, 4) is 0 Å². The molecule has 1 atom stereocenters. The molecular formula is C12H17NO3S. The average molecular weight is 255 g/mol. The van der Waals surface area contributed by atoms with E-state index in [0.717, 1.165) is 0 Å². The fraction of sp³-hybridized carbons (Fsp3) is 0.500. The van der Waals surface area contributed by atoms with E-state index in [1.165, 1.54) is 18.3 Å². The zero-order valence-electron chi connectivity index (χ0n) is 10.2. The molecule has 0 bridgehead atoms. The van der Waals surface area contributed by atoms with Crippen LogP contribution in [0.4, 0.5) is 0 Å². The molecule has 17 heavy (non-hydrogen) atoms. The molecule has 0 aliphatic rings. The van der Waals surface area contributed by atoms with Gasteiger partial charge in [-0.05, 0) is 26.3 Å². The number of hydrogen-bond donors (Lipinski definition) is 2. The summed E-state index contributed by atoms with van der Waals surface area (Å²) in [4.78, 5) is 23.5. The Morgan fingerprint density at radius 3 is 2.59 bits per heavy atom. The zero-order valence-corrected chi connectivity index (χ0v) is 11.1. The highest BCUT2D eigenvalue weighted by atomic mass is 32.1. The third kappa shape index (κ3) is 3.38. The smallest absolute Gasteiger partial charge is 0.261 e. The molecule has 1 aromatic heterocycles. The van der Waals surface area contributed by atoms with Crippen LogP contribution >= 0.6 is 11.3 Å². The second-order valence-corrected chi connectivity index (χ2v) is 5.19. The van der Waals surface area contributed by atoms with Crippen molar-refractivity contribution in [1.82, 2.24) is 5.32 Å². The van der Waals surface area contributed by atoms with E-state index in [0.29, 0.717) is 16.9 Å². The number of aliphatic hydroxyl groups is 1. The van der Waals surface area contributed by atoms with Gasteiger partial charge in [-0.2, -0.15) is 0 Å². The number of ketones is 1. The van der Waals surface area contributed by atoms with Crippen LogP contribution in [0.1, 0.15) is 47.2 Å². The number of hydrogen-bond acceptors (Lipinski definition) is 4. The zero-order chi connectivity index (χ0) is 13.1. The molecule has 0 aromatic carbocycles. The molecule has 1 heterocycles. The summed E-state index contributed by atoms with van der Waals surface area (Å²) in [5.74, 6) is -0.304. The fourth-order valence-electron chi connectivity index (χ4n) is 1.22. The Bertz CT molecular complexity index is 421. The average Bonchev–Trinajstić information content (AvgIpc) is 2.78. The second-order valence-electron chi connectivity index (χ2n) is 4.28. The summed E-state index contributed by atoms with van der Waals surface area (Å²) in [5, 5.41) is 13.6. The van der Waals surface area contributed by atoms with E-state index in [1.54, 1.807) is 18.4 Å². The fourth-order valence-corrected chi connectivity index (χ4v) is 2.06. The van der Waals surface area contributed by atoms with Crippen molar-refractivity contribution >= 4 is 23.0 Å². The molecule has 0 saturated carbocycles. The Morgan fingerprint density at radius 1 is 1.53 bits per heavy atom. The summed E-state index contributed by atoms with van der Waals surface area (Å²) in [6, 6.07) is 1.58. The van der Waals surface area contributed by atoms with Crippen molar-refractivity contribution in [2.24, 2.45) is 0 Å². The topological polar surface area (TPSA) is 66.4 Å². The van der Waals surface area contributed by atoms with Crippen LogP contribution in [0.5, 0.6) is 0 Å². The van der Waals surface area contributed by atoms with Crippen LogP contribution in [0.3, 0.4) is 0 Å². The first-order valence-electron chi connectivity index (χ1n) is 5.44. The van der Waals surface area contributed by atoms with E-state index in [1.807, 2.05) is 6.92 Å². The van der Waals surface area contributed by atoms with Gasteiger partial charge in [-0.25, -0.2) is 0 Å². The lowest BCUT2D eigenvalue weighted by molar-refractivity contribution is 0.0851. The van der Waals surface area contributed by atoms with Crippen molar-refractivity contribution in [2.45, 2.75) is 32.7 Å². The lowest BCUT2D eigenvalue weighted by Gasteiger charge is -2.26. The van der Waals surface area contributed by atoms with Crippen LogP contribution in [0, 0.1) is 0 Å². The second kappa shape index (κ2) is 5.42. The normalized spacial score (nSPS) is 14.1. The predicted molar refractivity (Wildman–Crippen MR) is 67.6 cm³/mol. The Morgan fingerprint density at radius 2 is 2.18 bits per heavy atom. The van der Waals surface area contributed by atoms with Crippen molar-refractivity contribution in [3.05, 3.63) is 21.9 Å². The number of thiophene rings is 1. The maximum atomic E-state index is 11.9. The third-order valence-corrected chi connectivity index (χ3v) is 3.70. The highest BCUT2D eigenvalue weighted by Gasteiger charge is 2.24. The summed E-state index contributed by atoms with van der Waals surface area (Å²) < 4.78 is 0. The highest BCUT2D eigenvalue weighted by Crippen LogP contribution is 2.17. The first kappa shape index (κ1) is 13.9. The number of amides is 1. The number of Topliss-reactive ketones (excluding diaryl/α,β-unsaturated/α-hetero) is 1. The van der Waals surface area contributed by atoms with Crippen molar-refractivity contribution in [1.29, 1.82) is 0 Å². The minimum Gasteiger partial charge on any atom is -0.394 e. The molecule has 0 fully saturated rings. The molecule has 4 nitrogen and oxygen atoms in total. The summed E-state index contributed by atoms with van der Waals surface area (Å²) in [6.07, 6.45) is 0.639. The molecular weight excluding hydrogens is 238 g/mol. The van der Waals surface area contributed by atoms with Gasteiger partial charge in [0.05, 0.1) is 17.0 Å². The van der Waals surface area contributed by atoms with Crippen LogP contribution in [0.2, 0.25) is 0 Å². The SMILES string of the molecule is CCC(C)(CO)NC(=O)c1cc(C(C)=O)cs1. The molecule has 1 amide bonds. The lowest BCUT2D eigenvalue weighted by atomic mass is 10.0. The number of nitrogens with one attached hydrogen (secondary N) is 1. The van der Waals surface area contributed by atoms with E-state index in [4.69, 9.17) is 0 Å². The maximum Gasteiger partial charge on any atom is 0.261 e. The standard InChI is InChI=1S/C12H17NO3S/c1-4-12(3,7-14)13-11(16)10-5-9(6-17-10)8(2)15/h5-6,14H,4,7H2,1-3H3,(H,13,16). The van der Waals surface area contributed by atoms with Crippen LogP contribution in [-0.2, 0) is 0 Å². The molecule has 1 rings (SSSR count). The minimum absolute atomic E-state index is 0.0549. The van der Waals surface area contributed by atoms with Crippen molar-refractivity contribution < 1.29 is 14.7 Å². The van der Waals surface area contributed by atoms with Crippen LogP contribution in [0.15, 0.2) is 11.4 Å². The Kier molecular flexibility index (Phi) is 4.42. The van der Waals surface area contributed by atoms with Gasteiger partial charge in [-0.3, -0.25) is 9.59 Å². The molecule has 0 radical (unpaired) electrons. The molecule has 0 aliphatic carbocycles. The summed E-state index contributed by atoms with van der Waals surface area (Å²) in [5.41, 5.74) is -0.0698. The lowest BCUT2D eigenvalue weighted by Crippen LogP contribution is -2.48. The van der Waals surface area contributed by atoms with E-state index in [-0.39, 0.29) is 18.3 Å². The molecule has 5 heteroatoms. The molecule has 0 aliphatic heterocycles. The number of rotatable bonds is 5. The Hall–Kier alpha value is -1.20. The molecule has 0 saturated heterocycles. The first-order valence-corrected chi connectivity index (χ1v) is 6.32. The molecule has 1 aromatic rings. The molecule has 94 valence electrons. The van der Waals surface area contributed by atoms with Gasteiger partial charge in [-0.15, -0.1) is 11.3 Å². The van der Waals surface area contributed by atoms with Crippen LogP contribution in [-0.4, -0.2) is 28.9 Å². The largest absolute Gasteiger partial charge is 0.394 e. The van der Waals surface area contributed by atoms with Crippen LogP contribution < -0.4 is 5.32 Å². The van der Waals surface area contributed by atoms with E-state index in [2.05, 4.69) is 5.32 Å². The van der Waals surface area contributed by atoms with Gasteiger partial charge in [0.25, 0.3) is 5.91 Å². The first-order chi connectivity index (χ1) is 7.91. The predicted octanol–water partition coefficient (Wildman–Crippen LogP) is 1.84. The van der Waals surface area contributed by atoms with Gasteiger partial charge in [0.15, 0.2) is 5.78 Å². The Labute approximate surface area is 105 Å². The third-order valence-electron chi connectivity index (χ3n) is 2.77. The van der Waals surface area contributed by atoms with E-state index >= 15 is 0 Å². The molecule has 2 N–H and O–H groups in total. The van der Waals surface area contributed by atoms with Crippen LogP contribution in [0.25, 0.3) is 0 Å². The van der Waals surface area contributed by atoms with Gasteiger partial charge in [0.2, 0.25) is 0 Å². The van der Waals surface area contributed by atoms with E-state index in [9.17, 15) is 14.7 Å². The van der Waals surface area contributed by atoms with Crippen molar-refractivity contribution in [3.63, 3.8) is 0 Å². The number of aliphatic hydroxyl groups excluding tert-OH is 1. The Balaban J connectivity index is 2.79. The minimum atomic E-state index is -0.614. The summed E-state index contributed by atoms with van der Waals surface area (Å²) in [6.45, 7) is 5.03. The number of carbonyl (C=O) groups excluding carboxylic acids is 2.